The van der Waals surface area contributed by atoms with E-state index in [0.717, 1.165) is 31.4 Å². The number of carbonyl (C=O) groups excluding carboxylic acids is 1. The lowest BCUT2D eigenvalue weighted by Crippen LogP contribution is -2.42. The van der Waals surface area contributed by atoms with Crippen molar-refractivity contribution < 1.29 is 9.53 Å². The average Bonchev–Trinajstić information content (AvgIpc) is 2.98. The highest BCUT2D eigenvalue weighted by atomic mass is 32.1. The summed E-state index contributed by atoms with van der Waals surface area (Å²) in [6.45, 7) is 0.588. The average molecular weight is 281 g/mol. The lowest BCUT2D eigenvalue weighted by atomic mass is 10.0. The van der Waals surface area contributed by atoms with E-state index in [1.807, 2.05) is 0 Å². The molecule has 19 heavy (non-hydrogen) atoms. The van der Waals surface area contributed by atoms with Gasteiger partial charge in [-0.2, -0.15) is 0 Å². The highest BCUT2D eigenvalue weighted by molar-refractivity contribution is 7.08. The molecule has 0 saturated heterocycles. The first-order valence-electron chi connectivity index (χ1n) is 6.90. The van der Waals surface area contributed by atoms with Crippen LogP contribution in [-0.2, 0) is 4.74 Å². The van der Waals surface area contributed by atoms with Gasteiger partial charge >= 0.3 is 0 Å². The number of rotatable bonds is 5. The Bertz CT molecular complexity index is 464. The second-order valence-corrected chi connectivity index (χ2v) is 6.29. The first kappa shape index (κ1) is 13.0. The molecule has 5 nitrogen and oxygen atoms in total. The van der Waals surface area contributed by atoms with Gasteiger partial charge in [0, 0.05) is 19.6 Å². The van der Waals surface area contributed by atoms with Crippen LogP contribution in [0.2, 0.25) is 0 Å². The normalized spacial score (nSPS) is 21.5. The van der Waals surface area contributed by atoms with Crippen LogP contribution in [0, 0.1) is 0 Å². The fourth-order valence-corrected chi connectivity index (χ4v) is 3.44. The van der Waals surface area contributed by atoms with Gasteiger partial charge in [0.1, 0.15) is 4.88 Å². The third-order valence-electron chi connectivity index (χ3n) is 4.20. The fraction of sp³-hybridized carbons (Fsp3) is 0.769. The molecule has 3 rings (SSSR count). The molecule has 1 aromatic heterocycles. The number of nitrogens with zero attached hydrogens (tertiary/aromatic N) is 2. The first-order valence-corrected chi connectivity index (χ1v) is 7.67. The largest absolute Gasteiger partial charge is 0.376 e. The summed E-state index contributed by atoms with van der Waals surface area (Å²) in [4.78, 5) is 12.9. The van der Waals surface area contributed by atoms with Crippen molar-refractivity contribution in [2.45, 2.75) is 50.0 Å². The third-order valence-corrected chi connectivity index (χ3v) is 4.94. The molecule has 0 bridgehead atoms. The van der Waals surface area contributed by atoms with Crippen LogP contribution in [0.5, 0.6) is 0 Å². The van der Waals surface area contributed by atoms with Gasteiger partial charge in [0.2, 0.25) is 0 Å². The summed E-state index contributed by atoms with van der Waals surface area (Å²) in [7, 11) is 1.74. The third kappa shape index (κ3) is 2.65. The quantitative estimate of drug-likeness (QED) is 0.897. The summed E-state index contributed by atoms with van der Waals surface area (Å²) >= 11 is 1.20. The van der Waals surface area contributed by atoms with E-state index in [1.54, 1.807) is 7.11 Å². The zero-order valence-corrected chi connectivity index (χ0v) is 12.0. The molecule has 2 saturated carbocycles. The van der Waals surface area contributed by atoms with E-state index >= 15 is 0 Å². The summed E-state index contributed by atoms with van der Waals surface area (Å²) in [5, 5.41) is 7.10. The van der Waals surface area contributed by atoms with Gasteiger partial charge in [-0.25, -0.2) is 0 Å². The SMILES string of the molecule is COC1(CNC(=O)c2snnc2C2CC2)CCCC1. The zero-order valence-electron chi connectivity index (χ0n) is 11.1. The molecule has 0 aromatic carbocycles. The van der Waals surface area contributed by atoms with Gasteiger partial charge in [-0.15, -0.1) is 5.10 Å². The molecular formula is C13H19N3O2S. The van der Waals surface area contributed by atoms with Gasteiger partial charge in [-0.1, -0.05) is 17.3 Å². The van der Waals surface area contributed by atoms with Crippen molar-refractivity contribution >= 4 is 17.4 Å². The molecule has 2 aliphatic carbocycles. The van der Waals surface area contributed by atoms with E-state index in [4.69, 9.17) is 4.74 Å². The number of ether oxygens (including phenoxy) is 1. The van der Waals surface area contributed by atoms with E-state index in [2.05, 4.69) is 14.9 Å². The minimum absolute atomic E-state index is 0.0415. The Kier molecular flexibility index (Phi) is 3.54. The maximum absolute atomic E-state index is 12.2. The van der Waals surface area contributed by atoms with Crippen LogP contribution >= 0.6 is 11.5 Å². The topological polar surface area (TPSA) is 64.1 Å². The van der Waals surface area contributed by atoms with E-state index in [0.29, 0.717) is 17.3 Å². The highest BCUT2D eigenvalue weighted by Gasteiger charge is 2.35. The molecule has 104 valence electrons. The minimum Gasteiger partial charge on any atom is -0.376 e. The van der Waals surface area contributed by atoms with E-state index in [-0.39, 0.29) is 11.5 Å². The second-order valence-electron chi connectivity index (χ2n) is 5.54. The number of hydrogen-bond donors (Lipinski definition) is 1. The van der Waals surface area contributed by atoms with Crippen LogP contribution in [0.4, 0.5) is 0 Å². The number of hydrogen-bond acceptors (Lipinski definition) is 5. The molecule has 2 fully saturated rings. The van der Waals surface area contributed by atoms with Gasteiger partial charge in [0.05, 0.1) is 11.3 Å². The van der Waals surface area contributed by atoms with Crippen molar-refractivity contribution in [3.63, 3.8) is 0 Å². The number of carbonyl (C=O) groups is 1. The van der Waals surface area contributed by atoms with Crippen molar-refractivity contribution in [1.29, 1.82) is 0 Å². The van der Waals surface area contributed by atoms with Gasteiger partial charge in [-0.3, -0.25) is 4.79 Å². The molecule has 0 spiro atoms. The van der Waals surface area contributed by atoms with E-state index in [9.17, 15) is 4.79 Å². The minimum atomic E-state index is -0.159. The first-order chi connectivity index (χ1) is 9.24. The number of methoxy groups -OCH3 is 1. The molecule has 0 radical (unpaired) electrons. The zero-order chi connectivity index (χ0) is 13.3. The Morgan fingerprint density at radius 1 is 1.47 bits per heavy atom. The predicted molar refractivity (Wildman–Crippen MR) is 72.4 cm³/mol. The van der Waals surface area contributed by atoms with Gasteiger partial charge < -0.3 is 10.1 Å². The van der Waals surface area contributed by atoms with Gasteiger partial charge in [0.15, 0.2) is 0 Å². The van der Waals surface area contributed by atoms with Crippen molar-refractivity contribution in [2.75, 3.05) is 13.7 Å². The van der Waals surface area contributed by atoms with Crippen LogP contribution in [0.1, 0.15) is 59.8 Å². The summed E-state index contributed by atoms with van der Waals surface area (Å²) in [6.07, 6.45) is 6.68. The molecule has 0 atom stereocenters. The fourth-order valence-electron chi connectivity index (χ4n) is 2.77. The molecule has 2 aliphatic rings. The highest BCUT2D eigenvalue weighted by Crippen LogP contribution is 2.41. The van der Waals surface area contributed by atoms with Crippen LogP contribution in [0.15, 0.2) is 0 Å². The molecule has 0 aliphatic heterocycles. The maximum atomic E-state index is 12.2. The Morgan fingerprint density at radius 2 is 2.21 bits per heavy atom. The van der Waals surface area contributed by atoms with Crippen LogP contribution in [0.3, 0.4) is 0 Å². The Labute approximate surface area is 116 Å². The lowest BCUT2D eigenvalue weighted by Gasteiger charge is -2.27. The predicted octanol–water partition coefficient (Wildman–Crippen LogP) is 2.10. The van der Waals surface area contributed by atoms with Crippen LogP contribution < -0.4 is 5.32 Å². The second kappa shape index (κ2) is 5.17. The van der Waals surface area contributed by atoms with Crippen LogP contribution in [0.25, 0.3) is 0 Å². The molecular weight excluding hydrogens is 262 g/mol. The Hall–Kier alpha value is -1.01. The molecule has 1 aromatic rings. The standard InChI is InChI=1S/C13H19N3O2S/c1-18-13(6-2-3-7-13)8-14-12(17)11-10(9-4-5-9)15-16-19-11/h9H,2-8H2,1H3,(H,14,17). The Morgan fingerprint density at radius 3 is 2.84 bits per heavy atom. The Balaban J connectivity index is 1.63. The van der Waals surface area contributed by atoms with E-state index in [1.165, 1.54) is 24.4 Å². The smallest absolute Gasteiger partial charge is 0.265 e. The van der Waals surface area contributed by atoms with Crippen LogP contribution in [-0.4, -0.2) is 34.7 Å². The number of amides is 1. The number of nitrogens with one attached hydrogen (secondary N) is 1. The number of aromatic nitrogens is 2. The van der Waals surface area contributed by atoms with Crippen molar-refractivity contribution in [2.24, 2.45) is 0 Å². The van der Waals surface area contributed by atoms with Crippen molar-refractivity contribution in [3.05, 3.63) is 10.6 Å². The molecule has 0 unspecified atom stereocenters. The van der Waals surface area contributed by atoms with Crippen molar-refractivity contribution in [1.82, 2.24) is 14.9 Å². The van der Waals surface area contributed by atoms with Gasteiger partial charge in [-0.05, 0) is 37.2 Å². The molecule has 6 heteroatoms. The summed E-state index contributed by atoms with van der Waals surface area (Å²) in [5.41, 5.74) is 0.730. The lowest BCUT2D eigenvalue weighted by molar-refractivity contribution is -0.00258. The molecule has 1 amide bonds. The molecule has 1 heterocycles. The summed E-state index contributed by atoms with van der Waals surface area (Å²) < 4.78 is 9.54. The van der Waals surface area contributed by atoms with Crippen molar-refractivity contribution in [3.8, 4) is 0 Å². The van der Waals surface area contributed by atoms with E-state index < -0.39 is 0 Å². The monoisotopic (exact) mass is 281 g/mol. The summed E-state index contributed by atoms with van der Waals surface area (Å²) in [5.74, 6) is 0.419. The van der Waals surface area contributed by atoms with Gasteiger partial charge in [0.25, 0.3) is 5.91 Å². The molecule has 1 N–H and O–H groups in total. The maximum Gasteiger partial charge on any atom is 0.265 e. The summed E-state index contributed by atoms with van der Waals surface area (Å²) in [6, 6.07) is 0.